The highest BCUT2D eigenvalue weighted by atomic mass is 32.2. The number of nitrogens with zero attached hydrogens (tertiary/aromatic N) is 4. The highest BCUT2D eigenvalue weighted by Crippen LogP contribution is 2.24. The van der Waals surface area contributed by atoms with E-state index in [0.717, 1.165) is 30.6 Å². The Morgan fingerprint density at radius 1 is 1.40 bits per heavy atom. The van der Waals surface area contributed by atoms with Gasteiger partial charge in [-0.25, -0.2) is 14.5 Å². The molecule has 3 N–H and O–H groups in total. The molecule has 0 atom stereocenters. The van der Waals surface area contributed by atoms with Crippen LogP contribution in [0.4, 0.5) is 5.13 Å². The minimum Gasteiger partial charge on any atom is -0.465 e. The Morgan fingerprint density at radius 2 is 2.16 bits per heavy atom. The van der Waals surface area contributed by atoms with Crippen molar-refractivity contribution in [3.8, 4) is 0 Å². The van der Waals surface area contributed by atoms with E-state index in [1.165, 1.54) is 23.5 Å². The van der Waals surface area contributed by atoms with Gasteiger partial charge in [0.05, 0.1) is 18.6 Å². The zero-order chi connectivity index (χ0) is 18.4. The number of amides is 1. The van der Waals surface area contributed by atoms with Crippen LogP contribution in [0.5, 0.6) is 0 Å². The molecule has 136 valence electrons. The van der Waals surface area contributed by atoms with E-state index in [0.29, 0.717) is 26.7 Å². The minimum atomic E-state index is -0.472. The van der Waals surface area contributed by atoms with Crippen molar-refractivity contribution in [1.82, 2.24) is 19.9 Å². The number of nitrogens with one attached hydrogen (secondary N) is 1. The molecular weight excluding hydrogens is 364 g/mol. The fourth-order valence-electron chi connectivity index (χ4n) is 1.93. The number of methoxy groups -OCH3 is 1. The molecule has 0 aliphatic heterocycles. The summed E-state index contributed by atoms with van der Waals surface area (Å²) in [6.45, 7) is 3.77. The van der Waals surface area contributed by atoms with Crippen molar-refractivity contribution >= 4 is 40.1 Å². The molecule has 2 aromatic heterocycles. The summed E-state index contributed by atoms with van der Waals surface area (Å²) >= 11 is 2.26. The molecule has 0 radical (unpaired) electrons. The Bertz CT molecular complexity index is 758. The number of nitrogen functional groups attached to an aromatic ring is 1. The van der Waals surface area contributed by atoms with Crippen molar-refractivity contribution in [2.75, 3.05) is 24.0 Å². The van der Waals surface area contributed by atoms with Gasteiger partial charge in [-0.15, -0.1) is 10.2 Å². The first kappa shape index (κ1) is 19.2. The number of carbonyl (C=O) groups is 2. The van der Waals surface area contributed by atoms with Gasteiger partial charge in [0.1, 0.15) is 4.88 Å². The van der Waals surface area contributed by atoms with Crippen LogP contribution >= 0.6 is 23.1 Å². The Kier molecular flexibility index (Phi) is 6.76. The van der Waals surface area contributed by atoms with Gasteiger partial charge < -0.3 is 15.9 Å². The standard InChI is InChI=1S/C14H20N6O3S2/c1-4-5-6-9-18-19-14(20(9)15)24-7-10(21)17-13-16-8(2)11(25-13)12(22)23-3/h4-7,15H2,1-3H3,(H,16,17,21). The summed E-state index contributed by atoms with van der Waals surface area (Å²) in [5.41, 5.74) is 0.516. The zero-order valence-electron chi connectivity index (χ0n) is 14.2. The molecule has 0 fully saturated rings. The molecule has 0 saturated heterocycles. The summed E-state index contributed by atoms with van der Waals surface area (Å²) in [5, 5.41) is 11.5. The van der Waals surface area contributed by atoms with E-state index in [9.17, 15) is 9.59 Å². The molecule has 0 unspecified atom stereocenters. The van der Waals surface area contributed by atoms with E-state index in [1.54, 1.807) is 6.92 Å². The third-order valence-electron chi connectivity index (χ3n) is 3.24. The molecule has 0 aromatic carbocycles. The Labute approximate surface area is 153 Å². The number of anilines is 1. The van der Waals surface area contributed by atoms with E-state index in [-0.39, 0.29) is 11.7 Å². The maximum atomic E-state index is 12.1. The quantitative estimate of drug-likeness (QED) is 0.399. The molecule has 2 heterocycles. The number of unbranched alkanes of at least 4 members (excludes halogenated alkanes) is 1. The van der Waals surface area contributed by atoms with Gasteiger partial charge in [0.15, 0.2) is 11.0 Å². The number of thioether (sulfide) groups is 1. The van der Waals surface area contributed by atoms with Crippen LogP contribution in [-0.4, -0.2) is 44.6 Å². The zero-order valence-corrected chi connectivity index (χ0v) is 15.9. The van der Waals surface area contributed by atoms with Gasteiger partial charge >= 0.3 is 5.97 Å². The molecule has 9 nitrogen and oxygen atoms in total. The first-order chi connectivity index (χ1) is 12.0. The Morgan fingerprint density at radius 3 is 2.84 bits per heavy atom. The number of carbonyl (C=O) groups excluding carboxylic acids is 2. The third kappa shape index (κ3) is 4.92. The van der Waals surface area contributed by atoms with E-state index >= 15 is 0 Å². The molecule has 1 amide bonds. The second-order valence-corrected chi connectivity index (χ2v) is 7.08. The van der Waals surface area contributed by atoms with E-state index in [2.05, 4.69) is 32.2 Å². The van der Waals surface area contributed by atoms with Crippen molar-refractivity contribution in [2.24, 2.45) is 0 Å². The van der Waals surface area contributed by atoms with Crippen molar-refractivity contribution in [3.63, 3.8) is 0 Å². The number of rotatable bonds is 8. The second kappa shape index (κ2) is 8.81. The van der Waals surface area contributed by atoms with Crippen LogP contribution in [0.1, 0.15) is 41.0 Å². The lowest BCUT2D eigenvalue weighted by atomic mass is 10.2. The first-order valence-corrected chi connectivity index (χ1v) is 9.44. The summed E-state index contributed by atoms with van der Waals surface area (Å²) in [5.74, 6) is 5.99. The van der Waals surface area contributed by atoms with Gasteiger partial charge in [0.25, 0.3) is 0 Å². The van der Waals surface area contributed by atoms with Crippen LogP contribution in [0.25, 0.3) is 0 Å². The lowest BCUT2D eigenvalue weighted by Gasteiger charge is -2.03. The molecule has 11 heteroatoms. The summed E-state index contributed by atoms with van der Waals surface area (Å²) in [4.78, 5) is 28.1. The highest BCUT2D eigenvalue weighted by molar-refractivity contribution is 7.99. The molecule has 0 aliphatic carbocycles. The number of aromatic nitrogens is 4. The predicted octanol–water partition coefficient (Wildman–Crippen LogP) is 1.62. The molecule has 0 saturated carbocycles. The predicted molar refractivity (Wildman–Crippen MR) is 96.3 cm³/mol. The Hall–Kier alpha value is -2.14. The molecule has 2 rings (SSSR count). The van der Waals surface area contributed by atoms with Crippen molar-refractivity contribution in [3.05, 3.63) is 16.4 Å². The molecular formula is C14H20N6O3S2. The molecule has 0 spiro atoms. The maximum Gasteiger partial charge on any atom is 0.350 e. The lowest BCUT2D eigenvalue weighted by molar-refractivity contribution is -0.113. The first-order valence-electron chi connectivity index (χ1n) is 7.64. The van der Waals surface area contributed by atoms with Crippen molar-refractivity contribution in [2.45, 2.75) is 38.3 Å². The lowest BCUT2D eigenvalue weighted by Crippen LogP contribution is -2.17. The number of hydrogen-bond donors (Lipinski definition) is 2. The van der Waals surface area contributed by atoms with E-state index in [1.807, 2.05) is 0 Å². The highest BCUT2D eigenvalue weighted by Gasteiger charge is 2.17. The van der Waals surface area contributed by atoms with Crippen LogP contribution in [0, 0.1) is 6.92 Å². The normalized spacial score (nSPS) is 10.7. The Balaban J connectivity index is 1.91. The van der Waals surface area contributed by atoms with Crippen LogP contribution in [0.15, 0.2) is 5.16 Å². The number of esters is 1. The summed E-state index contributed by atoms with van der Waals surface area (Å²) in [7, 11) is 1.30. The van der Waals surface area contributed by atoms with Gasteiger partial charge in [-0.2, -0.15) is 0 Å². The topological polar surface area (TPSA) is 125 Å². The molecule has 2 aromatic rings. The number of nitrogens with two attached hydrogens (primary N) is 1. The van der Waals surface area contributed by atoms with Crippen LogP contribution in [0.2, 0.25) is 0 Å². The van der Waals surface area contributed by atoms with E-state index < -0.39 is 5.97 Å². The average molecular weight is 384 g/mol. The number of ether oxygens (including phenoxy) is 1. The van der Waals surface area contributed by atoms with Crippen LogP contribution in [0.3, 0.4) is 0 Å². The largest absolute Gasteiger partial charge is 0.465 e. The minimum absolute atomic E-state index is 0.106. The average Bonchev–Trinajstić information content (AvgIpc) is 3.13. The van der Waals surface area contributed by atoms with E-state index in [4.69, 9.17) is 5.84 Å². The summed E-state index contributed by atoms with van der Waals surface area (Å²) in [6.07, 6.45) is 2.77. The summed E-state index contributed by atoms with van der Waals surface area (Å²) in [6, 6.07) is 0. The van der Waals surface area contributed by atoms with Gasteiger partial charge in [-0.05, 0) is 13.3 Å². The monoisotopic (exact) mass is 384 g/mol. The fourth-order valence-corrected chi connectivity index (χ4v) is 3.50. The SMILES string of the molecule is CCCCc1nnc(SCC(=O)Nc2nc(C)c(C(=O)OC)s2)n1N. The van der Waals surface area contributed by atoms with Crippen molar-refractivity contribution < 1.29 is 14.3 Å². The molecule has 0 aliphatic rings. The van der Waals surface area contributed by atoms with Crippen LogP contribution in [-0.2, 0) is 16.0 Å². The van der Waals surface area contributed by atoms with Crippen LogP contribution < -0.4 is 11.2 Å². The molecule has 0 bridgehead atoms. The van der Waals surface area contributed by atoms with Gasteiger partial charge in [0.2, 0.25) is 11.1 Å². The smallest absolute Gasteiger partial charge is 0.350 e. The number of aryl methyl sites for hydroxylation is 2. The van der Waals surface area contributed by atoms with Gasteiger partial charge in [-0.3, -0.25) is 4.79 Å². The van der Waals surface area contributed by atoms with Gasteiger partial charge in [0, 0.05) is 6.42 Å². The number of thiazole rings is 1. The molecule has 25 heavy (non-hydrogen) atoms. The fraction of sp³-hybridized carbons (Fsp3) is 0.500. The third-order valence-corrected chi connectivity index (χ3v) is 5.23. The number of hydrogen-bond acceptors (Lipinski definition) is 9. The van der Waals surface area contributed by atoms with Crippen molar-refractivity contribution in [1.29, 1.82) is 0 Å². The summed E-state index contributed by atoms with van der Waals surface area (Å²) < 4.78 is 6.08. The maximum absolute atomic E-state index is 12.1. The van der Waals surface area contributed by atoms with Gasteiger partial charge in [-0.1, -0.05) is 36.4 Å². The second-order valence-electron chi connectivity index (χ2n) is 5.13.